The van der Waals surface area contributed by atoms with Gasteiger partial charge in [0.2, 0.25) is 0 Å². The Morgan fingerprint density at radius 1 is 1.07 bits per heavy atom. The van der Waals surface area contributed by atoms with Crippen LogP contribution in [0.3, 0.4) is 0 Å². The fourth-order valence-electron chi connectivity index (χ4n) is 2.72. The number of hydrogen-bond acceptors (Lipinski definition) is 3. The van der Waals surface area contributed by atoms with Gasteiger partial charge in [0.05, 0.1) is 6.26 Å². The van der Waals surface area contributed by atoms with Gasteiger partial charge >= 0.3 is 0 Å². The predicted octanol–water partition coefficient (Wildman–Crippen LogP) is 4.37. The molecule has 2 aromatic carbocycles. The molecule has 0 aliphatic rings. The molecular formula is C23H21ClN2O3. The van der Waals surface area contributed by atoms with Gasteiger partial charge in [-0.05, 0) is 55.3 Å². The molecule has 2 N–H and O–H groups in total. The van der Waals surface area contributed by atoms with Gasteiger partial charge in [0.1, 0.15) is 11.5 Å². The maximum absolute atomic E-state index is 12.7. The summed E-state index contributed by atoms with van der Waals surface area (Å²) in [6, 6.07) is 18.0. The summed E-state index contributed by atoms with van der Waals surface area (Å²) >= 11 is 5.89. The summed E-state index contributed by atoms with van der Waals surface area (Å²) in [6.07, 6.45) is 3.65. The fourth-order valence-corrected chi connectivity index (χ4v) is 2.85. The lowest BCUT2D eigenvalue weighted by Crippen LogP contribution is -2.35. The van der Waals surface area contributed by atoms with Gasteiger partial charge in [0.25, 0.3) is 11.8 Å². The summed E-state index contributed by atoms with van der Waals surface area (Å²) in [5, 5.41) is 6.18. The van der Waals surface area contributed by atoms with E-state index in [4.69, 9.17) is 16.0 Å². The first kappa shape index (κ1) is 20.4. The van der Waals surface area contributed by atoms with Gasteiger partial charge in [-0.25, -0.2) is 0 Å². The molecule has 0 atom stereocenters. The maximum atomic E-state index is 12.7. The van der Waals surface area contributed by atoms with Gasteiger partial charge in [-0.2, -0.15) is 0 Å². The number of amides is 2. The molecule has 0 fully saturated rings. The minimum atomic E-state index is -0.392. The third kappa shape index (κ3) is 6.09. The van der Waals surface area contributed by atoms with Crippen molar-refractivity contribution in [3.63, 3.8) is 0 Å². The van der Waals surface area contributed by atoms with E-state index in [9.17, 15) is 9.59 Å². The van der Waals surface area contributed by atoms with E-state index in [1.165, 1.54) is 12.3 Å². The van der Waals surface area contributed by atoms with Crippen molar-refractivity contribution in [2.75, 3.05) is 6.54 Å². The summed E-state index contributed by atoms with van der Waals surface area (Å²) in [5.41, 5.74) is 2.60. The van der Waals surface area contributed by atoms with Crippen molar-refractivity contribution in [3.05, 3.63) is 100 Å². The smallest absolute Gasteiger partial charge is 0.267 e. The van der Waals surface area contributed by atoms with Crippen LogP contribution in [0.5, 0.6) is 0 Å². The van der Waals surface area contributed by atoms with Gasteiger partial charge in [-0.1, -0.05) is 41.4 Å². The Morgan fingerprint density at radius 3 is 2.55 bits per heavy atom. The minimum absolute atomic E-state index is 0.113. The summed E-state index contributed by atoms with van der Waals surface area (Å²) in [4.78, 5) is 25.3. The van der Waals surface area contributed by atoms with E-state index >= 15 is 0 Å². The summed E-state index contributed by atoms with van der Waals surface area (Å²) < 4.78 is 5.29. The highest BCUT2D eigenvalue weighted by Gasteiger charge is 2.15. The van der Waals surface area contributed by atoms with Gasteiger partial charge in [-0.3, -0.25) is 9.59 Å². The van der Waals surface area contributed by atoms with Crippen LogP contribution < -0.4 is 10.6 Å². The number of furan rings is 1. The molecule has 0 saturated carbocycles. The molecule has 29 heavy (non-hydrogen) atoms. The second-order valence-electron chi connectivity index (χ2n) is 6.53. The highest BCUT2D eigenvalue weighted by atomic mass is 35.5. The van der Waals surface area contributed by atoms with Gasteiger partial charge in [-0.15, -0.1) is 0 Å². The van der Waals surface area contributed by atoms with Crippen LogP contribution in [0.4, 0.5) is 0 Å². The zero-order valence-electron chi connectivity index (χ0n) is 15.9. The third-order valence-corrected chi connectivity index (χ3v) is 4.47. The molecule has 0 unspecified atom stereocenters. The Bertz CT molecular complexity index is 1010. The average Bonchev–Trinajstić information content (AvgIpc) is 3.22. The molecule has 0 spiro atoms. The summed E-state index contributed by atoms with van der Waals surface area (Å²) in [5.74, 6) is -0.284. The molecule has 6 heteroatoms. The molecule has 3 aromatic rings. The first-order chi connectivity index (χ1) is 14.0. The molecule has 5 nitrogen and oxygen atoms in total. The number of aryl methyl sites for hydroxylation is 1. The van der Waals surface area contributed by atoms with Crippen LogP contribution >= 0.6 is 11.6 Å². The lowest BCUT2D eigenvalue weighted by molar-refractivity contribution is -0.117. The molecule has 148 valence electrons. The molecule has 0 aliphatic carbocycles. The third-order valence-electron chi connectivity index (χ3n) is 4.22. The largest absolute Gasteiger partial charge is 0.465 e. The van der Waals surface area contributed by atoms with Crippen LogP contribution in [0, 0.1) is 6.92 Å². The van der Waals surface area contributed by atoms with E-state index in [0.29, 0.717) is 29.3 Å². The second kappa shape index (κ2) is 9.75. The molecule has 0 radical (unpaired) electrons. The van der Waals surface area contributed by atoms with Gasteiger partial charge in [0, 0.05) is 23.2 Å². The lowest BCUT2D eigenvalue weighted by Gasteiger charge is -2.11. The van der Waals surface area contributed by atoms with Gasteiger partial charge < -0.3 is 15.1 Å². The Kier molecular flexibility index (Phi) is 6.87. The number of carbonyl (C=O) groups is 2. The topological polar surface area (TPSA) is 71.3 Å². The predicted molar refractivity (Wildman–Crippen MR) is 113 cm³/mol. The Labute approximate surface area is 174 Å². The van der Waals surface area contributed by atoms with Crippen LogP contribution in [0.2, 0.25) is 5.02 Å². The minimum Gasteiger partial charge on any atom is -0.465 e. The summed E-state index contributed by atoms with van der Waals surface area (Å²) in [6.45, 7) is 2.32. The van der Waals surface area contributed by atoms with Crippen LogP contribution in [0.25, 0.3) is 6.08 Å². The standard InChI is InChI=1S/C23H21ClN2O3/c1-16-4-2-5-18(14-16)22(27)26-21(15-20-6-3-13-29-20)23(28)25-12-11-17-7-9-19(24)10-8-17/h2-10,13-15H,11-12H2,1H3,(H,25,28)(H,26,27)/b21-15-. The van der Waals surface area contributed by atoms with Crippen molar-refractivity contribution in [3.8, 4) is 0 Å². The quantitative estimate of drug-likeness (QED) is 0.570. The normalized spacial score (nSPS) is 11.2. The monoisotopic (exact) mass is 408 g/mol. The van der Waals surface area contributed by atoms with E-state index in [0.717, 1.165) is 11.1 Å². The van der Waals surface area contributed by atoms with Crippen LogP contribution in [-0.2, 0) is 11.2 Å². The lowest BCUT2D eigenvalue weighted by atomic mass is 10.1. The Hall–Kier alpha value is -3.31. The molecule has 2 amide bonds. The van der Waals surface area contributed by atoms with Crippen molar-refractivity contribution in [1.82, 2.24) is 10.6 Å². The molecule has 0 aliphatic heterocycles. The fraction of sp³-hybridized carbons (Fsp3) is 0.130. The average molecular weight is 409 g/mol. The zero-order chi connectivity index (χ0) is 20.6. The zero-order valence-corrected chi connectivity index (χ0v) is 16.7. The van der Waals surface area contributed by atoms with Crippen LogP contribution in [0.1, 0.15) is 27.2 Å². The van der Waals surface area contributed by atoms with Crippen molar-refractivity contribution < 1.29 is 14.0 Å². The van der Waals surface area contributed by atoms with E-state index in [2.05, 4.69) is 10.6 Å². The molecule has 1 aromatic heterocycles. The molecule has 1 heterocycles. The number of halogens is 1. The Balaban J connectivity index is 1.68. The number of carbonyl (C=O) groups excluding carboxylic acids is 2. The van der Waals surface area contributed by atoms with E-state index < -0.39 is 5.91 Å². The first-order valence-electron chi connectivity index (χ1n) is 9.17. The molecule has 3 rings (SSSR count). The molecule has 0 saturated heterocycles. The number of nitrogens with one attached hydrogen (secondary N) is 2. The SMILES string of the molecule is Cc1cccc(C(=O)N/C(=C\c2ccco2)C(=O)NCCc2ccc(Cl)cc2)c1. The number of rotatable bonds is 7. The maximum Gasteiger partial charge on any atom is 0.267 e. The molecular weight excluding hydrogens is 388 g/mol. The highest BCUT2D eigenvalue weighted by molar-refractivity contribution is 6.30. The van der Waals surface area contributed by atoms with Crippen molar-refractivity contribution in [1.29, 1.82) is 0 Å². The highest BCUT2D eigenvalue weighted by Crippen LogP contribution is 2.11. The number of hydrogen-bond donors (Lipinski definition) is 2. The van der Waals surface area contributed by atoms with Crippen molar-refractivity contribution in [2.24, 2.45) is 0 Å². The van der Waals surface area contributed by atoms with E-state index in [1.54, 1.807) is 30.3 Å². The second-order valence-corrected chi connectivity index (χ2v) is 6.97. The number of benzene rings is 2. The van der Waals surface area contributed by atoms with Gasteiger partial charge in [0.15, 0.2) is 0 Å². The van der Waals surface area contributed by atoms with Crippen molar-refractivity contribution >= 4 is 29.5 Å². The van der Waals surface area contributed by atoms with E-state index in [-0.39, 0.29) is 11.6 Å². The summed E-state index contributed by atoms with van der Waals surface area (Å²) in [7, 11) is 0. The first-order valence-corrected chi connectivity index (χ1v) is 9.55. The molecule has 0 bridgehead atoms. The van der Waals surface area contributed by atoms with Crippen LogP contribution in [0.15, 0.2) is 77.0 Å². The van der Waals surface area contributed by atoms with Crippen molar-refractivity contribution in [2.45, 2.75) is 13.3 Å². The Morgan fingerprint density at radius 2 is 1.86 bits per heavy atom. The van der Waals surface area contributed by atoms with Crippen LogP contribution in [-0.4, -0.2) is 18.4 Å². The van der Waals surface area contributed by atoms with E-state index in [1.807, 2.05) is 37.3 Å².